The molecule has 19 heavy (non-hydrogen) atoms. The van der Waals surface area contributed by atoms with Crippen LogP contribution in [0.4, 0.5) is 5.88 Å². The highest BCUT2D eigenvalue weighted by molar-refractivity contribution is 7.91. The standard InChI is InChI=1S/C13H16N2O3S/c1-13(2,19(3,16)17)10-6-4-9(5-7-10)11-8-12(14)18-15-11/h4-8H,14H2,1-3H3. The number of hydrogen-bond donors (Lipinski definition) is 1. The van der Waals surface area contributed by atoms with Gasteiger partial charge < -0.3 is 10.3 Å². The third-order valence-corrected chi connectivity index (χ3v) is 5.42. The average Bonchev–Trinajstić information content (AvgIpc) is 2.74. The monoisotopic (exact) mass is 280 g/mol. The second-order valence-electron chi connectivity index (χ2n) is 4.97. The van der Waals surface area contributed by atoms with Crippen LogP contribution in [0.25, 0.3) is 11.3 Å². The summed E-state index contributed by atoms with van der Waals surface area (Å²) >= 11 is 0. The van der Waals surface area contributed by atoms with E-state index in [1.165, 1.54) is 6.26 Å². The molecule has 102 valence electrons. The number of nitrogen functional groups attached to an aromatic ring is 1. The molecule has 5 nitrogen and oxygen atoms in total. The fourth-order valence-corrected chi connectivity index (χ4v) is 2.25. The Morgan fingerprint density at radius 2 is 1.79 bits per heavy atom. The summed E-state index contributed by atoms with van der Waals surface area (Å²) in [5, 5.41) is 3.81. The Morgan fingerprint density at radius 3 is 2.21 bits per heavy atom. The molecule has 1 aromatic heterocycles. The van der Waals surface area contributed by atoms with Gasteiger partial charge in [0.25, 0.3) is 0 Å². The zero-order valence-corrected chi connectivity index (χ0v) is 11.9. The molecule has 0 saturated carbocycles. The molecule has 0 fully saturated rings. The van der Waals surface area contributed by atoms with E-state index in [-0.39, 0.29) is 5.88 Å². The van der Waals surface area contributed by atoms with Gasteiger partial charge in [0.05, 0.1) is 4.75 Å². The van der Waals surface area contributed by atoms with Gasteiger partial charge in [-0.05, 0) is 19.4 Å². The number of nitrogens with two attached hydrogens (primary N) is 1. The Balaban J connectivity index is 2.39. The maximum atomic E-state index is 11.8. The molecule has 0 radical (unpaired) electrons. The fraction of sp³-hybridized carbons (Fsp3) is 0.308. The van der Waals surface area contributed by atoms with Crippen LogP contribution in [-0.4, -0.2) is 19.8 Å². The predicted octanol–water partition coefficient (Wildman–Crippen LogP) is 2.20. The highest BCUT2D eigenvalue weighted by Gasteiger charge is 2.32. The van der Waals surface area contributed by atoms with Gasteiger partial charge in [-0.15, -0.1) is 0 Å². The van der Waals surface area contributed by atoms with E-state index in [1.807, 2.05) is 0 Å². The van der Waals surface area contributed by atoms with Crippen molar-refractivity contribution in [3.63, 3.8) is 0 Å². The molecule has 6 heteroatoms. The lowest BCUT2D eigenvalue weighted by atomic mass is 10.00. The van der Waals surface area contributed by atoms with Gasteiger partial charge in [0.15, 0.2) is 9.84 Å². The summed E-state index contributed by atoms with van der Waals surface area (Å²) in [5.74, 6) is 0.246. The number of hydrogen-bond acceptors (Lipinski definition) is 5. The lowest BCUT2D eigenvalue weighted by Gasteiger charge is -2.23. The first-order valence-corrected chi connectivity index (χ1v) is 7.63. The molecule has 2 aromatic rings. The minimum absolute atomic E-state index is 0.246. The minimum Gasteiger partial charge on any atom is -0.368 e. The number of anilines is 1. The van der Waals surface area contributed by atoms with Crippen LogP contribution in [-0.2, 0) is 14.6 Å². The summed E-state index contributed by atoms with van der Waals surface area (Å²) in [6.45, 7) is 3.37. The normalized spacial score (nSPS) is 12.6. The SMILES string of the molecule is CC(C)(c1ccc(-c2cc(N)on2)cc1)S(C)(=O)=O. The van der Waals surface area contributed by atoms with Crippen LogP contribution in [0.15, 0.2) is 34.9 Å². The second kappa shape index (κ2) is 4.38. The number of benzene rings is 1. The van der Waals surface area contributed by atoms with Crippen LogP contribution in [0.3, 0.4) is 0 Å². The van der Waals surface area contributed by atoms with Gasteiger partial charge in [-0.25, -0.2) is 8.42 Å². The van der Waals surface area contributed by atoms with E-state index in [9.17, 15) is 8.42 Å². The van der Waals surface area contributed by atoms with E-state index in [0.29, 0.717) is 5.69 Å². The van der Waals surface area contributed by atoms with Crippen LogP contribution >= 0.6 is 0 Å². The zero-order chi connectivity index (χ0) is 14.3. The van der Waals surface area contributed by atoms with Crippen molar-refractivity contribution in [1.82, 2.24) is 5.16 Å². The van der Waals surface area contributed by atoms with Crippen molar-refractivity contribution in [3.05, 3.63) is 35.9 Å². The van der Waals surface area contributed by atoms with Crippen molar-refractivity contribution in [2.45, 2.75) is 18.6 Å². The smallest absolute Gasteiger partial charge is 0.222 e. The van der Waals surface area contributed by atoms with Gasteiger partial charge in [0.2, 0.25) is 5.88 Å². The van der Waals surface area contributed by atoms with E-state index in [0.717, 1.165) is 11.1 Å². The minimum atomic E-state index is -3.18. The Hall–Kier alpha value is -1.82. The molecular weight excluding hydrogens is 264 g/mol. The first-order chi connectivity index (χ1) is 8.72. The molecule has 2 N–H and O–H groups in total. The number of nitrogens with zero attached hydrogens (tertiary/aromatic N) is 1. The van der Waals surface area contributed by atoms with Gasteiger partial charge >= 0.3 is 0 Å². The first-order valence-electron chi connectivity index (χ1n) is 5.74. The Morgan fingerprint density at radius 1 is 1.21 bits per heavy atom. The summed E-state index contributed by atoms with van der Waals surface area (Å²) in [6, 6.07) is 8.79. The lowest BCUT2D eigenvalue weighted by Crippen LogP contribution is -2.27. The average molecular weight is 280 g/mol. The maximum absolute atomic E-state index is 11.8. The zero-order valence-electron chi connectivity index (χ0n) is 11.0. The number of aromatic nitrogens is 1. The van der Waals surface area contributed by atoms with Gasteiger partial charge in [-0.2, -0.15) is 0 Å². The Bertz CT molecular complexity index is 685. The van der Waals surface area contributed by atoms with Gasteiger partial charge in [-0.1, -0.05) is 29.4 Å². The molecule has 0 bridgehead atoms. The van der Waals surface area contributed by atoms with Crippen molar-refractivity contribution in [2.75, 3.05) is 12.0 Å². The van der Waals surface area contributed by atoms with E-state index in [1.54, 1.807) is 44.2 Å². The quantitative estimate of drug-likeness (QED) is 0.931. The van der Waals surface area contributed by atoms with Crippen LogP contribution in [0, 0.1) is 0 Å². The van der Waals surface area contributed by atoms with Crippen molar-refractivity contribution < 1.29 is 12.9 Å². The third-order valence-electron chi connectivity index (χ3n) is 3.33. The molecule has 0 aliphatic carbocycles. The molecule has 0 saturated heterocycles. The summed E-state index contributed by atoms with van der Waals surface area (Å²) < 4.78 is 27.4. The van der Waals surface area contributed by atoms with Crippen LogP contribution in [0.1, 0.15) is 19.4 Å². The molecule has 0 atom stereocenters. The van der Waals surface area contributed by atoms with Crippen molar-refractivity contribution in [1.29, 1.82) is 0 Å². The predicted molar refractivity (Wildman–Crippen MR) is 74.2 cm³/mol. The molecule has 1 heterocycles. The highest BCUT2D eigenvalue weighted by atomic mass is 32.2. The van der Waals surface area contributed by atoms with E-state index in [2.05, 4.69) is 5.16 Å². The summed E-state index contributed by atoms with van der Waals surface area (Å²) in [6.07, 6.45) is 1.24. The molecule has 0 unspecified atom stereocenters. The van der Waals surface area contributed by atoms with Crippen LogP contribution in [0.2, 0.25) is 0 Å². The summed E-state index contributed by atoms with van der Waals surface area (Å²) in [7, 11) is -3.18. The molecule has 0 aliphatic rings. The largest absolute Gasteiger partial charge is 0.368 e. The Kier molecular flexibility index (Phi) is 3.14. The summed E-state index contributed by atoms with van der Waals surface area (Å²) in [5.41, 5.74) is 7.65. The third kappa shape index (κ3) is 2.49. The van der Waals surface area contributed by atoms with Crippen LogP contribution in [0.5, 0.6) is 0 Å². The lowest BCUT2D eigenvalue weighted by molar-refractivity contribution is 0.439. The van der Waals surface area contributed by atoms with Gasteiger partial charge in [0.1, 0.15) is 5.69 Å². The van der Waals surface area contributed by atoms with Gasteiger partial charge in [0, 0.05) is 17.9 Å². The Labute approximate surface area is 112 Å². The van der Waals surface area contributed by atoms with Crippen LogP contribution < -0.4 is 5.73 Å². The van der Waals surface area contributed by atoms with E-state index >= 15 is 0 Å². The van der Waals surface area contributed by atoms with Crippen molar-refractivity contribution in [2.24, 2.45) is 0 Å². The highest BCUT2D eigenvalue weighted by Crippen LogP contribution is 2.30. The molecule has 1 aromatic carbocycles. The van der Waals surface area contributed by atoms with Crippen molar-refractivity contribution in [3.8, 4) is 11.3 Å². The second-order valence-corrected chi connectivity index (χ2v) is 7.54. The van der Waals surface area contributed by atoms with E-state index in [4.69, 9.17) is 10.3 Å². The first kappa shape index (κ1) is 13.6. The molecule has 0 amide bonds. The number of rotatable bonds is 3. The van der Waals surface area contributed by atoms with Crippen molar-refractivity contribution >= 4 is 15.7 Å². The summed E-state index contributed by atoms with van der Waals surface area (Å²) in [4.78, 5) is 0. The number of sulfone groups is 1. The molecule has 0 spiro atoms. The maximum Gasteiger partial charge on any atom is 0.222 e. The van der Waals surface area contributed by atoms with E-state index < -0.39 is 14.6 Å². The fourth-order valence-electron chi connectivity index (χ4n) is 1.68. The molecule has 2 rings (SSSR count). The topological polar surface area (TPSA) is 86.2 Å². The molecule has 0 aliphatic heterocycles. The van der Waals surface area contributed by atoms with Gasteiger partial charge in [-0.3, -0.25) is 0 Å². The molecular formula is C13H16N2O3S.